The highest BCUT2D eigenvalue weighted by atomic mass is 35.5. The third kappa shape index (κ3) is 1.35. The monoisotopic (exact) mass is 190 g/mol. The van der Waals surface area contributed by atoms with Crippen LogP contribution in [0.3, 0.4) is 0 Å². The van der Waals surface area contributed by atoms with Crippen LogP contribution in [0.4, 0.5) is 0 Å². The van der Waals surface area contributed by atoms with Gasteiger partial charge in [0.15, 0.2) is 5.02 Å². The molecule has 0 saturated heterocycles. The molecule has 5 nitrogen and oxygen atoms in total. The minimum absolute atomic E-state index is 0.00326. The normalized spacial score (nSPS) is 9.58. The second-order valence-corrected chi connectivity index (χ2v) is 2.29. The Hall–Kier alpha value is -1.23. The Morgan fingerprint density at radius 2 is 2.08 bits per heavy atom. The molecule has 0 aliphatic rings. The fraction of sp³-hybridized carbons (Fsp3) is 0.333. The maximum Gasteiger partial charge on any atom is 0.308 e. The number of nitrogens with one attached hydrogen (secondary N) is 1. The number of rotatable bonds is 2. The second-order valence-electron chi connectivity index (χ2n) is 1.91. The van der Waals surface area contributed by atoms with Gasteiger partial charge in [0, 0.05) is 0 Å². The average molecular weight is 191 g/mol. The van der Waals surface area contributed by atoms with E-state index in [2.05, 4.69) is 10.2 Å². The quantitative estimate of drug-likeness (QED) is 0.735. The summed E-state index contributed by atoms with van der Waals surface area (Å²) in [5.41, 5.74) is -0.483. The van der Waals surface area contributed by atoms with Crippen LogP contribution in [0.2, 0.25) is 5.02 Å². The first-order valence-corrected chi connectivity index (χ1v) is 3.44. The molecule has 0 aliphatic heterocycles. The van der Waals surface area contributed by atoms with Crippen LogP contribution >= 0.6 is 11.6 Å². The molecule has 12 heavy (non-hydrogen) atoms. The van der Waals surface area contributed by atoms with Gasteiger partial charge < -0.3 is 9.47 Å². The standard InChI is InChI=1S/C6H7ClN2O3/c1-11-4-3(7)6(12-2)9-8-5(4)10/h1-2H3,(H,8,10). The van der Waals surface area contributed by atoms with E-state index in [0.29, 0.717) is 0 Å². The van der Waals surface area contributed by atoms with E-state index in [-0.39, 0.29) is 16.7 Å². The van der Waals surface area contributed by atoms with Gasteiger partial charge in [0.2, 0.25) is 5.75 Å². The molecule has 0 spiro atoms. The molecular weight excluding hydrogens is 184 g/mol. The van der Waals surface area contributed by atoms with Gasteiger partial charge in [0.1, 0.15) is 0 Å². The maximum atomic E-state index is 11.0. The lowest BCUT2D eigenvalue weighted by Gasteiger charge is -2.03. The smallest absolute Gasteiger partial charge is 0.308 e. The number of hydrogen-bond acceptors (Lipinski definition) is 4. The van der Waals surface area contributed by atoms with Crippen LogP contribution in [-0.2, 0) is 0 Å². The first kappa shape index (κ1) is 8.86. The van der Waals surface area contributed by atoms with E-state index in [1.807, 2.05) is 0 Å². The zero-order chi connectivity index (χ0) is 9.14. The van der Waals surface area contributed by atoms with Crippen molar-refractivity contribution < 1.29 is 9.47 Å². The highest BCUT2D eigenvalue weighted by Crippen LogP contribution is 2.26. The van der Waals surface area contributed by atoms with E-state index >= 15 is 0 Å². The van der Waals surface area contributed by atoms with E-state index in [1.165, 1.54) is 14.2 Å². The van der Waals surface area contributed by atoms with Gasteiger partial charge in [-0.3, -0.25) is 4.79 Å². The van der Waals surface area contributed by atoms with Crippen molar-refractivity contribution >= 4 is 11.6 Å². The summed E-state index contributed by atoms with van der Waals surface area (Å²) < 4.78 is 9.47. The number of methoxy groups -OCH3 is 2. The molecule has 1 aromatic rings. The molecule has 6 heteroatoms. The highest BCUT2D eigenvalue weighted by Gasteiger charge is 2.12. The minimum atomic E-state index is -0.483. The summed E-state index contributed by atoms with van der Waals surface area (Å²) in [5, 5.41) is 5.78. The molecule has 0 aromatic carbocycles. The average Bonchev–Trinajstić information content (AvgIpc) is 2.06. The van der Waals surface area contributed by atoms with Crippen LogP contribution in [0.15, 0.2) is 4.79 Å². The summed E-state index contributed by atoms with van der Waals surface area (Å²) >= 11 is 5.68. The van der Waals surface area contributed by atoms with E-state index in [9.17, 15) is 4.79 Å². The Morgan fingerprint density at radius 1 is 1.42 bits per heavy atom. The Bertz CT molecular complexity index is 336. The Kier molecular flexibility index (Phi) is 2.54. The van der Waals surface area contributed by atoms with Crippen molar-refractivity contribution in [2.45, 2.75) is 0 Å². The van der Waals surface area contributed by atoms with Crippen molar-refractivity contribution in [3.05, 3.63) is 15.4 Å². The van der Waals surface area contributed by atoms with Gasteiger partial charge in [0.05, 0.1) is 14.2 Å². The van der Waals surface area contributed by atoms with Crippen LogP contribution < -0.4 is 15.0 Å². The number of aromatic amines is 1. The number of hydrogen-bond donors (Lipinski definition) is 1. The summed E-state index contributed by atoms with van der Waals surface area (Å²) in [6, 6.07) is 0. The van der Waals surface area contributed by atoms with Crippen LogP contribution in [-0.4, -0.2) is 24.4 Å². The molecule has 0 unspecified atom stereocenters. The molecule has 0 saturated carbocycles. The van der Waals surface area contributed by atoms with Gasteiger partial charge in [-0.2, -0.15) is 0 Å². The van der Waals surface area contributed by atoms with E-state index < -0.39 is 5.56 Å². The lowest BCUT2D eigenvalue weighted by atomic mass is 10.5. The SMILES string of the molecule is COc1n[nH]c(=O)c(OC)c1Cl. The molecule has 0 fully saturated rings. The van der Waals surface area contributed by atoms with Crippen LogP contribution in [0, 0.1) is 0 Å². The van der Waals surface area contributed by atoms with Gasteiger partial charge in [0.25, 0.3) is 5.88 Å². The zero-order valence-corrected chi connectivity index (χ0v) is 7.31. The van der Waals surface area contributed by atoms with Crippen molar-refractivity contribution in [2.24, 2.45) is 0 Å². The molecule has 1 heterocycles. The van der Waals surface area contributed by atoms with Gasteiger partial charge in [-0.15, -0.1) is 5.10 Å². The lowest BCUT2D eigenvalue weighted by molar-refractivity contribution is 0.372. The molecule has 0 atom stereocenters. The maximum absolute atomic E-state index is 11.0. The molecule has 1 N–H and O–H groups in total. The van der Waals surface area contributed by atoms with Crippen molar-refractivity contribution in [1.82, 2.24) is 10.2 Å². The van der Waals surface area contributed by atoms with Crippen molar-refractivity contribution in [1.29, 1.82) is 0 Å². The van der Waals surface area contributed by atoms with Gasteiger partial charge in [-0.25, -0.2) is 5.10 Å². The van der Waals surface area contributed by atoms with E-state index in [1.54, 1.807) is 0 Å². The van der Waals surface area contributed by atoms with Crippen molar-refractivity contribution in [3.63, 3.8) is 0 Å². The topological polar surface area (TPSA) is 64.2 Å². The Balaban J connectivity index is 3.34. The van der Waals surface area contributed by atoms with Crippen molar-refractivity contribution in [2.75, 3.05) is 14.2 Å². The summed E-state index contributed by atoms with van der Waals surface area (Å²) in [4.78, 5) is 11.0. The molecule has 1 rings (SSSR count). The van der Waals surface area contributed by atoms with Crippen molar-refractivity contribution in [3.8, 4) is 11.6 Å². The molecule has 0 amide bonds. The first-order chi connectivity index (χ1) is 5.70. The highest BCUT2D eigenvalue weighted by molar-refractivity contribution is 6.33. The van der Waals surface area contributed by atoms with Crippen LogP contribution in [0.5, 0.6) is 11.6 Å². The summed E-state index contributed by atoms with van der Waals surface area (Å²) in [6.45, 7) is 0. The third-order valence-electron chi connectivity index (χ3n) is 1.25. The van der Waals surface area contributed by atoms with Gasteiger partial charge in [-0.05, 0) is 0 Å². The third-order valence-corrected chi connectivity index (χ3v) is 1.58. The first-order valence-electron chi connectivity index (χ1n) is 3.07. The number of halogens is 1. The number of nitrogens with zero attached hydrogens (tertiary/aromatic N) is 1. The minimum Gasteiger partial charge on any atom is -0.490 e. The second kappa shape index (κ2) is 3.44. The Labute approximate surface area is 73.3 Å². The fourth-order valence-electron chi connectivity index (χ4n) is 0.716. The predicted molar refractivity (Wildman–Crippen MR) is 43.0 cm³/mol. The zero-order valence-electron chi connectivity index (χ0n) is 6.55. The van der Waals surface area contributed by atoms with Gasteiger partial charge >= 0.3 is 5.56 Å². The number of aromatic nitrogens is 2. The molecule has 0 aliphatic carbocycles. The molecule has 1 aromatic heterocycles. The molecule has 0 bridgehead atoms. The van der Waals surface area contributed by atoms with E-state index in [0.717, 1.165) is 0 Å². The molecule has 0 radical (unpaired) electrons. The summed E-state index contributed by atoms with van der Waals surface area (Å²) in [6.07, 6.45) is 0. The van der Waals surface area contributed by atoms with E-state index in [4.69, 9.17) is 21.1 Å². The predicted octanol–water partition coefficient (Wildman–Crippen LogP) is 0.440. The number of ether oxygens (including phenoxy) is 2. The Morgan fingerprint density at radius 3 is 2.58 bits per heavy atom. The van der Waals surface area contributed by atoms with Crippen LogP contribution in [0.25, 0.3) is 0 Å². The van der Waals surface area contributed by atoms with Gasteiger partial charge in [-0.1, -0.05) is 11.6 Å². The molecule has 66 valence electrons. The van der Waals surface area contributed by atoms with Crippen LogP contribution in [0.1, 0.15) is 0 Å². The fourth-order valence-corrected chi connectivity index (χ4v) is 0.998. The number of H-pyrrole nitrogens is 1. The largest absolute Gasteiger partial charge is 0.490 e. The summed E-state index contributed by atoms with van der Waals surface area (Å²) in [7, 11) is 2.74. The summed E-state index contributed by atoms with van der Waals surface area (Å²) in [5.74, 6) is 0.136. The molecular formula is C6H7ClN2O3. The lowest BCUT2D eigenvalue weighted by Crippen LogP contribution is -2.12.